The highest BCUT2D eigenvalue weighted by atomic mass is 32.5. The van der Waals surface area contributed by atoms with Gasteiger partial charge in [-0.15, -0.1) is 0 Å². The van der Waals surface area contributed by atoms with Gasteiger partial charge in [0.15, 0.2) is 0 Å². The topological polar surface area (TPSA) is 0 Å². The average Bonchev–Trinajstić information content (AvgIpc) is 2.39. The van der Waals surface area contributed by atoms with E-state index in [-0.39, 0.29) is 6.42 Å². The molecule has 0 aliphatic carbocycles. The first-order chi connectivity index (χ1) is 10.1. The molecule has 1 rings (SSSR count). The molecule has 0 heterocycles. The molecule has 1 aromatic carbocycles. The SMILES string of the molecule is FS(F)(F)(F)(F)C=CCCCCCCCCc1ccccc1. The summed E-state index contributed by atoms with van der Waals surface area (Å²) in [6, 6.07) is 10.2. The minimum atomic E-state index is -9.35. The van der Waals surface area contributed by atoms with Crippen molar-refractivity contribution >= 4 is 10.2 Å². The van der Waals surface area contributed by atoms with Gasteiger partial charge in [0.2, 0.25) is 0 Å². The number of rotatable bonds is 10. The van der Waals surface area contributed by atoms with E-state index in [2.05, 4.69) is 12.1 Å². The Hall–Kier alpha value is -1.04. The van der Waals surface area contributed by atoms with Gasteiger partial charge < -0.3 is 0 Å². The molecule has 1 aromatic rings. The Bertz CT molecular complexity index is 464. The molecule has 0 aliphatic rings. The van der Waals surface area contributed by atoms with Gasteiger partial charge in [-0.05, 0) is 31.2 Å². The third kappa shape index (κ3) is 11.6. The van der Waals surface area contributed by atoms with E-state index in [1.165, 1.54) is 5.56 Å². The lowest BCUT2D eigenvalue weighted by atomic mass is 10.0. The third-order valence-electron chi connectivity index (χ3n) is 3.28. The van der Waals surface area contributed by atoms with Crippen molar-refractivity contribution < 1.29 is 19.4 Å². The summed E-state index contributed by atoms with van der Waals surface area (Å²) in [5, 5.41) is -0.833. The monoisotopic (exact) mass is 342 g/mol. The maximum Gasteiger partial charge on any atom is 0.304 e. The Labute approximate surface area is 129 Å². The highest BCUT2D eigenvalue weighted by Gasteiger charge is 2.60. The quantitative estimate of drug-likeness (QED) is 0.301. The molecular weight excluding hydrogens is 319 g/mol. The van der Waals surface area contributed by atoms with Crippen molar-refractivity contribution in [3.63, 3.8) is 0 Å². The Morgan fingerprint density at radius 2 is 1.27 bits per heavy atom. The second-order valence-electron chi connectivity index (χ2n) is 5.55. The lowest BCUT2D eigenvalue weighted by Crippen LogP contribution is -1.98. The maximum absolute atomic E-state index is 12.0. The molecule has 0 saturated carbocycles. The van der Waals surface area contributed by atoms with E-state index in [0.717, 1.165) is 38.5 Å². The Morgan fingerprint density at radius 1 is 0.727 bits per heavy atom. The van der Waals surface area contributed by atoms with Gasteiger partial charge in [-0.1, -0.05) is 81.5 Å². The van der Waals surface area contributed by atoms with Gasteiger partial charge in [-0.2, -0.15) is 0 Å². The van der Waals surface area contributed by atoms with Gasteiger partial charge >= 0.3 is 10.2 Å². The second kappa shape index (κ2) is 7.02. The maximum atomic E-state index is 12.0. The van der Waals surface area contributed by atoms with Crippen LogP contribution in [-0.4, -0.2) is 0 Å². The summed E-state index contributed by atoms with van der Waals surface area (Å²) in [4.78, 5) is 0. The summed E-state index contributed by atoms with van der Waals surface area (Å²) in [6.07, 6.45) is 7.06. The smallest absolute Gasteiger partial charge is 0.0942 e. The van der Waals surface area contributed by atoms with Gasteiger partial charge in [0.05, 0.1) is 5.41 Å². The fourth-order valence-corrected chi connectivity index (χ4v) is 2.69. The van der Waals surface area contributed by atoms with Crippen molar-refractivity contribution in [1.29, 1.82) is 0 Å². The molecule has 0 amide bonds. The van der Waals surface area contributed by atoms with Crippen molar-refractivity contribution in [1.82, 2.24) is 0 Å². The Balaban J connectivity index is 2.00. The fraction of sp³-hybridized carbons (Fsp3) is 0.500. The van der Waals surface area contributed by atoms with Crippen LogP contribution >= 0.6 is 10.2 Å². The molecule has 0 nitrogen and oxygen atoms in total. The third-order valence-corrected chi connectivity index (χ3v) is 3.99. The molecule has 0 saturated heterocycles. The standard InChI is InChI=1S/C16H23F5S/c17-22(18,19,20,21)15-11-6-4-2-1-3-5-8-12-16-13-9-7-10-14-16/h7,9-11,13-15H,1-6,8,12H2. The van der Waals surface area contributed by atoms with Crippen LogP contribution in [0.1, 0.15) is 50.5 Å². The summed E-state index contributed by atoms with van der Waals surface area (Å²) in [7, 11) is -9.35. The lowest BCUT2D eigenvalue weighted by molar-refractivity contribution is 0.384. The Morgan fingerprint density at radius 3 is 1.86 bits per heavy atom. The first kappa shape index (κ1) is 19.0. The summed E-state index contributed by atoms with van der Waals surface area (Å²) in [5.41, 5.74) is 1.31. The highest BCUT2D eigenvalue weighted by Crippen LogP contribution is 2.98. The van der Waals surface area contributed by atoms with Gasteiger partial charge in [-0.25, -0.2) is 0 Å². The molecule has 0 atom stereocenters. The predicted octanol–water partition coefficient (Wildman–Crippen LogP) is 7.77. The molecule has 0 spiro atoms. The minimum absolute atomic E-state index is 0.0512. The van der Waals surface area contributed by atoms with Crippen molar-refractivity contribution in [2.75, 3.05) is 0 Å². The van der Waals surface area contributed by atoms with E-state index in [9.17, 15) is 19.4 Å². The number of aryl methyl sites for hydroxylation is 1. The minimum Gasteiger partial charge on any atom is -0.0942 e. The number of hydrogen-bond donors (Lipinski definition) is 0. The van der Waals surface area contributed by atoms with E-state index >= 15 is 0 Å². The van der Waals surface area contributed by atoms with Gasteiger partial charge in [0.1, 0.15) is 0 Å². The van der Waals surface area contributed by atoms with E-state index in [4.69, 9.17) is 0 Å². The van der Waals surface area contributed by atoms with Crippen LogP contribution in [0.25, 0.3) is 0 Å². The zero-order chi connectivity index (χ0) is 16.6. The first-order valence-electron chi connectivity index (χ1n) is 7.51. The predicted molar refractivity (Wildman–Crippen MR) is 84.7 cm³/mol. The van der Waals surface area contributed by atoms with Crippen molar-refractivity contribution in [2.45, 2.75) is 51.4 Å². The van der Waals surface area contributed by atoms with E-state index in [0.29, 0.717) is 12.5 Å². The zero-order valence-electron chi connectivity index (χ0n) is 12.5. The van der Waals surface area contributed by atoms with Crippen molar-refractivity contribution in [3.05, 3.63) is 47.4 Å². The van der Waals surface area contributed by atoms with Gasteiger partial charge in [0, 0.05) is 0 Å². The summed E-state index contributed by atoms with van der Waals surface area (Å²) < 4.78 is 59.9. The van der Waals surface area contributed by atoms with Crippen LogP contribution in [0.15, 0.2) is 41.8 Å². The van der Waals surface area contributed by atoms with E-state index in [1.807, 2.05) is 18.2 Å². The highest BCUT2D eigenvalue weighted by molar-refractivity contribution is 8.48. The van der Waals surface area contributed by atoms with E-state index < -0.39 is 15.6 Å². The van der Waals surface area contributed by atoms with Crippen LogP contribution in [0.5, 0.6) is 0 Å². The number of benzene rings is 1. The van der Waals surface area contributed by atoms with Crippen LogP contribution < -0.4 is 0 Å². The van der Waals surface area contributed by atoms with E-state index in [1.54, 1.807) is 0 Å². The fourth-order valence-electron chi connectivity index (χ4n) is 2.19. The average molecular weight is 342 g/mol. The number of allylic oxidation sites excluding steroid dienone is 1. The molecular formula is C16H23F5S. The summed E-state index contributed by atoms with van der Waals surface area (Å²) in [6.45, 7) is 0. The molecule has 22 heavy (non-hydrogen) atoms. The number of unbranched alkanes of at least 4 members (excludes halogenated alkanes) is 6. The number of hydrogen-bond acceptors (Lipinski definition) is 0. The lowest BCUT2D eigenvalue weighted by Gasteiger charge is -2.36. The van der Waals surface area contributed by atoms with Crippen molar-refractivity contribution in [3.8, 4) is 0 Å². The normalized spacial score (nSPS) is 15.7. The zero-order valence-corrected chi connectivity index (χ0v) is 13.3. The first-order valence-corrected chi connectivity index (χ1v) is 9.53. The molecule has 0 aliphatic heterocycles. The summed E-state index contributed by atoms with van der Waals surface area (Å²) in [5.74, 6) is 0. The molecule has 0 fully saturated rings. The largest absolute Gasteiger partial charge is 0.304 e. The van der Waals surface area contributed by atoms with Crippen LogP contribution in [0.2, 0.25) is 0 Å². The van der Waals surface area contributed by atoms with Crippen LogP contribution in [0, 0.1) is 0 Å². The molecule has 0 radical (unpaired) electrons. The Kier molecular flexibility index (Phi) is 6.07. The van der Waals surface area contributed by atoms with Crippen LogP contribution in [-0.2, 0) is 6.42 Å². The molecule has 6 heteroatoms. The van der Waals surface area contributed by atoms with Crippen molar-refractivity contribution in [2.24, 2.45) is 0 Å². The summed E-state index contributed by atoms with van der Waals surface area (Å²) >= 11 is 0. The van der Waals surface area contributed by atoms with Gasteiger partial charge in [0.25, 0.3) is 0 Å². The van der Waals surface area contributed by atoms with Crippen LogP contribution in [0.3, 0.4) is 0 Å². The molecule has 0 aromatic heterocycles. The number of halogens is 5. The molecule has 0 N–H and O–H groups in total. The molecule has 0 unspecified atom stereocenters. The molecule has 128 valence electrons. The second-order valence-corrected chi connectivity index (χ2v) is 7.88. The van der Waals surface area contributed by atoms with Crippen LogP contribution in [0.4, 0.5) is 19.4 Å². The molecule has 0 bridgehead atoms. The van der Waals surface area contributed by atoms with Gasteiger partial charge in [-0.3, -0.25) is 0 Å².